The predicted octanol–water partition coefficient (Wildman–Crippen LogP) is 2.23. The summed E-state index contributed by atoms with van der Waals surface area (Å²) >= 11 is 0. The Labute approximate surface area is 137 Å². The van der Waals surface area contributed by atoms with E-state index in [1.54, 1.807) is 0 Å². The number of pyridine rings is 1. The van der Waals surface area contributed by atoms with Crippen LogP contribution in [0.5, 0.6) is 0 Å². The van der Waals surface area contributed by atoms with Crippen LogP contribution < -0.4 is 15.5 Å². The van der Waals surface area contributed by atoms with Crippen molar-refractivity contribution in [2.24, 2.45) is 0 Å². The molecule has 0 atom stereocenters. The van der Waals surface area contributed by atoms with E-state index < -0.39 is 0 Å². The Hall–Kier alpha value is -2.11. The normalized spacial score (nSPS) is 14.6. The van der Waals surface area contributed by atoms with Gasteiger partial charge in [-0.15, -0.1) is 0 Å². The molecule has 1 aromatic heterocycles. The summed E-state index contributed by atoms with van der Waals surface area (Å²) in [4.78, 5) is 30.2. The summed E-state index contributed by atoms with van der Waals surface area (Å²) in [5, 5.41) is 5.84. The van der Waals surface area contributed by atoms with Gasteiger partial charge in [0.2, 0.25) is 11.8 Å². The topological polar surface area (TPSA) is 74.3 Å². The van der Waals surface area contributed by atoms with E-state index in [1.165, 1.54) is 12.8 Å². The first-order valence-corrected chi connectivity index (χ1v) is 8.20. The molecule has 0 radical (unpaired) electrons. The van der Waals surface area contributed by atoms with Crippen molar-refractivity contribution < 1.29 is 9.59 Å². The van der Waals surface area contributed by atoms with E-state index in [4.69, 9.17) is 0 Å². The van der Waals surface area contributed by atoms with Crippen molar-refractivity contribution in [2.45, 2.75) is 51.5 Å². The smallest absolute Gasteiger partial charge is 0.224 e. The molecule has 0 spiro atoms. The molecule has 6 heteroatoms. The fraction of sp³-hybridized carbons (Fsp3) is 0.588. The molecular weight excluding hydrogens is 292 g/mol. The highest BCUT2D eigenvalue weighted by Gasteiger charge is 2.18. The Bertz CT molecular complexity index is 566. The standard InChI is InChI=1S/C17H26N4O2/c1-12-8-9-14(17(18-12)21(2)3)20-16(23)11-10-15(22)19-13-6-4-5-7-13/h8-9,13H,4-7,10-11H2,1-3H3,(H,19,22)(H,20,23). The molecule has 1 aliphatic carbocycles. The predicted molar refractivity (Wildman–Crippen MR) is 91.6 cm³/mol. The van der Waals surface area contributed by atoms with Crippen LogP contribution in [0.25, 0.3) is 0 Å². The van der Waals surface area contributed by atoms with Gasteiger partial charge < -0.3 is 15.5 Å². The summed E-state index contributed by atoms with van der Waals surface area (Å²) in [5.41, 5.74) is 1.56. The number of hydrogen-bond donors (Lipinski definition) is 2. The second-order valence-electron chi connectivity index (χ2n) is 6.32. The molecule has 1 aromatic rings. The summed E-state index contributed by atoms with van der Waals surface area (Å²) in [5.74, 6) is 0.510. The molecule has 0 saturated heterocycles. The van der Waals surface area contributed by atoms with Gasteiger partial charge in [0.25, 0.3) is 0 Å². The van der Waals surface area contributed by atoms with E-state index in [0.717, 1.165) is 18.5 Å². The van der Waals surface area contributed by atoms with Crippen LogP contribution in [-0.2, 0) is 9.59 Å². The zero-order valence-electron chi connectivity index (χ0n) is 14.2. The molecule has 0 unspecified atom stereocenters. The fourth-order valence-corrected chi connectivity index (χ4v) is 2.79. The zero-order valence-corrected chi connectivity index (χ0v) is 14.2. The van der Waals surface area contributed by atoms with Crippen LogP contribution in [0.15, 0.2) is 12.1 Å². The zero-order chi connectivity index (χ0) is 16.8. The lowest BCUT2D eigenvalue weighted by Crippen LogP contribution is -2.33. The first kappa shape index (κ1) is 17.2. The third-order valence-corrected chi connectivity index (χ3v) is 4.01. The van der Waals surface area contributed by atoms with Crippen LogP contribution in [0.2, 0.25) is 0 Å². The first-order chi connectivity index (χ1) is 11.0. The van der Waals surface area contributed by atoms with E-state index in [-0.39, 0.29) is 24.7 Å². The molecule has 2 N–H and O–H groups in total. The van der Waals surface area contributed by atoms with Gasteiger partial charge in [0.15, 0.2) is 5.82 Å². The Morgan fingerprint density at radius 2 is 1.83 bits per heavy atom. The van der Waals surface area contributed by atoms with Crippen LogP contribution in [-0.4, -0.2) is 36.9 Å². The largest absolute Gasteiger partial charge is 0.361 e. The van der Waals surface area contributed by atoms with Gasteiger partial charge in [-0.2, -0.15) is 0 Å². The summed E-state index contributed by atoms with van der Waals surface area (Å²) < 4.78 is 0. The lowest BCUT2D eigenvalue weighted by molar-refractivity contribution is -0.124. The number of nitrogens with one attached hydrogen (secondary N) is 2. The third kappa shape index (κ3) is 5.23. The van der Waals surface area contributed by atoms with Crippen LogP contribution in [0.3, 0.4) is 0 Å². The van der Waals surface area contributed by atoms with Gasteiger partial charge >= 0.3 is 0 Å². The number of carbonyl (C=O) groups is 2. The number of anilines is 2. The molecule has 126 valence electrons. The molecule has 2 rings (SSSR count). The van der Waals surface area contributed by atoms with Crippen molar-refractivity contribution in [3.05, 3.63) is 17.8 Å². The summed E-state index contributed by atoms with van der Waals surface area (Å²) in [6.07, 6.45) is 4.87. The minimum atomic E-state index is -0.166. The molecule has 1 heterocycles. The third-order valence-electron chi connectivity index (χ3n) is 4.01. The number of hydrogen-bond acceptors (Lipinski definition) is 4. The number of nitrogens with zero attached hydrogens (tertiary/aromatic N) is 2. The first-order valence-electron chi connectivity index (χ1n) is 8.20. The number of aryl methyl sites for hydroxylation is 1. The lowest BCUT2D eigenvalue weighted by Gasteiger charge is -2.17. The van der Waals surface area contributed by atoms with Gasteiger partial charge in [0.05, 0.1) is 5.69 Å². The number of aromatic nitrogens is 1. The minimum absolute atomic E-state index is 0.0399. The lowest BCUT2D eigenvalue weighted by atomic mass is 10.2. The highest BCUT2D eigenvalue weighted by atomic mass is 16.2. The van der Waals surface area contributed by atoms with Crippen LogP contribution in [0, 0.1) is 6.92 Å². The van der Waals surface area contributed by atoms with E-state index >= 15 is 0 Å². The van der Waals surface area contributed by atoms with E-state index in [9.17, 15) is 9.59 Å². The number of rotatable bonds is 6. The molecule has 0 aliphatic heterocycles. The van der Waals surface area contributed by atoms with Gasteiger partial charge in [-0.1, -0.05) is 12.8 Å². The molecular formula is C17H26N4O2. The van der Waals surface area contributed by atoms with Crippen molar-refractivity contribution >= 4 is 23.3 Å². The van der Waals surface area contributed by atoms with Crippen molar-refractivity contribution in [1.82, 2.24) is 10.3 Å². The summed E-state index contributed by atoms with van der Waals surface area (Å²) in [6.45, 7) is 1.91. The highest BCUT2D eigenvalue weighted by Crippen LogP contribution is 2.22. The average Bonchev–Trinajstić information content (AvgIpc) is 2.99. The quantitative estimate of drug-likeness (QED) is 0.843. The molecule has 2 amide bonds. The molecule has 6 nitrogen and oxygen atoms in total. The maximum Gasteiger partial charge on any atom is 0.224 e. The average molecular weight is 318 g/mol. The van der Waals surface area contributed by atoms with Crippen molar-refractivity contribution in [3.63, 3.8) is 0 Å². The van der Waals surface area contributed by atoms with Gasteiger partial charge in [-0.05, 0) is 31.9 Å². The number of carbonyl (C=O) groups excluding carboxylic acids is 2. The second kappa shape index (κ2) is 7.94. The maximum absolute atomic E-state index is 12.1. The van der Waals surface area contributed by atoms with E-state index in [0.29, 0.717) is 17.5 Å². The molecule has 1 fully saturated rings. The molecule has 23 heavy (non-hydrogen) atoms. The SMILES string of the molecule is Cc1ccc(NC(=O)CCC(=O)NC2CCCC2)c(N(C)C)n1. The Morgan fingerprint density at radius 1 is 1.17 bits per heavy atom. The summed E-state index contributed by atoms with van der Waals surface area (Å²) in [7, 11) is 3.76. The van der Waals surface area contributed by atoms with Crippen molar-refractivity contribution in [3.8, 4) is 0 Å². The molecule has 1 aliphatic rings. The monoisotopic (exact) mass is 318 g/mol. The maximum atomic E-state index is 12.1. The Kier molecular flexibility index (Phi) is 5.96. The van der Waals surface area contributed by atoms with Crippen LogP contribution >= 0.6 is 0 Å². The molecule has 1 saturated carbocycles. The summed E-state index contributed by atoms with van der Waals surface area (Å²) in [6, 6.07) is 4.00. The van der Waals surface area contributed by atoms with Crippen molar-refractivity contribution in [2.75, 3.05) is 24.3 Å². The molecule has 0 aromatic carbocycles. The highest BCUT2D eigenvalue weighted by molar-refractivity contribution is 5.95. The van der Waals surface area contributed by atoms with Gasteiger partial charge in [0.1, 0.15) is 0 Å². The molecule has 0 bridgehead atoms. The van der Waals surface area contributed by atoms with Gasteiger partial charge in [-0.25, -0.2) is 4.98 Å². The Morgan fingerprint density at radius 3 is 2.48 bits per heavy atom. The van der Waals surface area contributed by atoms with Crippen LogP contribution in [0.4, 0.5) is 11.5 Å². The van der Waals surface area contributed by atoms with E-state index in [1.807, 2.05) is 38.1 Å². The van der Waals surface area contributed by atoms with E-state index in [2.05, 4.69) is 15.6 Å². The van der Waals surface area contributed by atoms with Gasteiger partial charge in [-0.3, -0.25) is 9.59 Å². The van der Waals surface area contributed by atoms with Crippen molar-refractivity contribution in [1.29, 1.82) is 0 Å². The number of amides is 2. The Balaban J connectivity index is 1.83. The fourth-order valence-electron chi connectivity index (χ4n) is 2.79. The van der Waals surface area contributed by atoms with Gasteiger partial charge in [0, 0.05) is 38.7 Å². The minimum Gasteiger partial charge on any atom is -0.361 e. The second-order valence-corrected chi connectivity index (χ2v) is 6.32. The van der Waals surface area contributed by atoms with Crippen LogP contribution in [0.1, 0.15) is 44.2 Å².